The Morgan fingerprint density at radius 1 is 0.648 bits per heavy atom. The molecule has 0 amide bonds. The van der Waals surface area contributed by atoms with Crippen LogP contribution in [0.25, 0.3) is 0 Å². The Morgan fingerprint density at radius 2 is 1.19 bits per heavy atom. The van der Waals surface area contributed by atoms with E-state index < -0.39 is 32.5 Å². The molecular formula is C43H74NO9P. The van der Waals surface area contributed by atoms with E-state index in [-0.39, 0.29) is 38.7 Å². The number of unbranched alkanes of at least 4 members (excludes halogenated alkanes) is 12. The third kappa shape index (κ3) is 37.7. The number of aliphatic hydroxyl groups excluding tert-OH is 1. The SMILES string of the molecule is CCCCCCCC/C=C\CCCCCCCC(=O)O[C@H](COC(=O)CCC/C=C\C/C=C\C/C=C\C/C=C\C=C\[C@@H](O)CC)COP(=O)(O)OCCN. The maximum Gasteiger partial charge on any atom is 0.472 e. The molecule has 0 rings (SSSR count). The lowest BCUT2D eigenvalue weighted by Gasteiger charge is -2.19. The zero-order valence-corrected chi connectivity index (χ0v) is 34.4. The molecule has 0 bridgehead atoms. The van der Waals surface area contributed by atoms with Gasteiger partial charge in [-0.25, -0.2) is 4.57 Å². The molecule has 3 atom stereocenters. The number of carbonyl (C=O) groups is 2. The molecule has 10 nitrogen and oxygen atoms in total. The van der Waals surface area contributed by atoms with Gasteiger partial charge in [0, 0.05) is 19.4 Å². The van der Waals surface area contributed by atoms with Gasteiger partial charge in [0.05, 0.1) is 19.3 Å². The summed E-state index contributed by atoms with van der Waals surface area (Å²) in [4.78, 5) is 34.8. The Hall–Kier alpha value is -2.59. The molecule has 0 aliphatic rings. The highest BCUT2D eigenvalue weighted by Crippen LogP contribution is 2.43. The van der Waals surface area contributed by atoms with Gasteiger partial charge in [-0.1, -0.05) is 138 Å². The summed E-state index contributed by atoms with van der Waals surface area (Å²) in [6.45, 7) is 3.29. The summed E-state index contributed by atoms with van der Waals surface area (Å²) in [7, 11) is -4.40. The van der Waals surface area contributed by atoms with Crippen LogP contribution < -0.4 is 5.73 Å². The summed E-state index contributed by atoms with van der Waals surface area (Å²) in [5, 5.41) is 9.46. The van der Waals surface area contributed by atoms with E-state index >= 15 is 0 Å². The summed E-state index contributed by atoms with van der Waals surface area (Å²) in [6, 6.07) is 0. The number of hydrogen-bond acceptors (Lipinski definition) is 9. The number of hydrogen-bond donors (Lipinski definition) is 3. The molecule has 0 aromatic rings. The van der Waals surface area contributed by atoms with Crippen LogP contribution in [0, 0.1) is 0 Å². The van der Waals surface area contributed by atoms with Gasteiger partial charge in [0.1, 0.15) is 6.61 Å². The largest absolute Gasteiger partial charge is 0.472 e. The zero-order valence-electron chi connectivity index (χ0n) is 33.5. The number of ether oxygens (including phenoxy) is 2. The molecule has 0 aliphatic carbocycles. The summed E-state index contributed by atoms with van der Waals surface area (Å²) >= 11 is 0. The number of phosphoric ester groups is 1. The van der Waals surface area contributed by atoms with Crippen molar-refractivity contribution in [1.82, 2.24) is 0 Å². The molecule has 54 heavy (non-hydrogen) atoms. The molecule has 310 valence electrons. The van der Waals surface area contributed by atoms with Crippen molar-refractivity contribution in [2.24, 2.45) is 5.73 Å². The zero-order chi connectivity index (χ0) is 39.8. The van der Waals surface area contributed by atoms with E-state index in [2.05, 4.69) is 43.4 Å². The summed E-state index contributed by atoms with van der Waals surface area (Å²) < 4.78 is 32.6. The first-order valence-corrected chi connectivity index (χ1v) is 22.0. The van der Waals surface area contributed by atoms with E-state index in [1.54, 1.807) is 6.08 Å². The Labute approximate surface area is 327 Å². The molecule has 11 heteroatoms. The van der Waals surface area contributed by atoms with Crippen LogP contribution >= 0.6 is 7.82 Å². The van der Waals surface area contributed by atoms with Gasteiger partial charge in [0.2, 0.25) is 0 Å². The fourth-order valence-corrected chi connectivity index (χ4v) is 5.79. The Balaban J connectivity index is 4.33. The van der Waals surface area contributed by atoms with Crippen molar-refractivity contribution < 1.29 is 42.7 Å². The maximum absolute atomic E-state index is 12.5. The van der Waals surface area contributed by atoms with Gasteiger partial charge in [-0.05, 0) is 70.6 Å². The van der Waals surface area contributed by atoms with Crippen LogP contribution in [0.3, 0.4) is 0 Å². The van der Waals surface area contributed by atoms with E-state index in [1.165, 1.54) is 38.5 Å². The number of aliphatic hydroxyl groups is 1. The van der Waals surface area contributed by atoms with Gasteiger partial charge in [-0.3, -0.25) is 18.6 Å². The molecule has 0 aromatic carbocycles. The van der Waals surface area contributed by atoms with Crippen LogP contribution in [0.5, 0.6) is 0 Å². The minimum absolute atomic E-state index is 0.0356. The van der Waals surface area contributed by atoms with Crippen LogP contribution in [0.1, 0.15) is 149 Å². The van der Waals surface area contributed by atoms with Crippen LogP contribution in [0.2, 0.25) is 0 Å². The van der Waals surface area contributed by atoms with Crippen LogP contribution in [0.15, 0.2) is 72.9 Å². The lowest BCUT2D eigenvalue weighted by molar-refractivity contribution is -0.161. The van der Waals surface area contributed by atoms with Gasteiger partial charge in [0.25, 0.3) is 0 Å². The smallest absolute Gasteiger partial charge is 0.462 e. The number of rotatable bonds is 37. The monoisotopic (exact) mass is 780 g/mol. The predicted octanol–water partition coefficient (Wildman–Crippen LogP) is 10.5. The fraction of sp³-hybridized carbons (Fsp3) is 0.674. The van der Waals surface area contributed by atoms with Crippen LogP contribution in [0.4, 0.5) is 0 Å². The molecule has 0 spiro atoms. The van der Waals surface area contributed by atoms with E-state index in [0.717, 1.165) is 57.8 Å². The van der Waals surface area contributed by atoms with Crippen molar-refractivity contribution >= 4 is 19.8 Å². The number of phosphoric acid groups is 1. The quantitative estimate of drug-likeness (QED) is 0.0182. The number of carbonyl (C=O) groups excluding carboxylic acids is 2. The summed E-state index contributed by atoms with van der Waals surface area (Å²) in [5.74, 6) is -0.933. The Morgan fingerprint density at radius 3 is 1.81 bits per heavy atom. The minimum atomic E-state index is -4.40. The molecule has 0 fully saturated rings. The van der Waals surface area contributed by atoms with Crippen LogP contribution in [-0.4, -0.2) is 60.5 Å². The maximum atomic E-state index is 12.5. The summed E-state index contributed by atoms with van der Waals surface area (Å²) in [6.07, 6.45) is 43.2. The second kappa shape index (κ2) is 38.7. The van der Waals surface area contributed by atoms with Crippen molar-refractivity contribution in [2.45, 2.75) is 161 Å². The first-order chi connectivity index (χ1) is 26.2. The molecular weight excluding hydrogens is 705 g/mol. The average Bonchev–Trinajstić information content (AvgIpc) is 3.16. The van der Waals surface area contributed by atoms with Gasteiger partial charge in [-0.2, -0.15) is 0 Å². The van der Waals surface area contributed by atoms with E-state index in [1.807, 2.05) is 37.3 Å². The van der Waals surface area contributed by atoms with Gasteiger partial charge in [-0.15, -0.1) is 0 Å². The van der Waals surface area contributed by atoms with Crippen molar-refractivity contribution in [2.75, 3.05) is 26.4 Å². The van der Waals surface area contributed by atoms with Gasteiger partial charge in [0.15, 0.2) is 6.10 Å². The predicted molar refractivity (Wildman–Crippen MR) is 221 cm³/mol. The second-order valence-electron chi connectivity index (χ2n) is 13.3. The number of allylic oxidation sites excluding steroid dienone is 11. The van der Waals surface area contributed by atoms with Gasteiger partial charge < -0.3 is 25.2 Å². The molecule has 4 N–H and O–H groups in total. The minimum Gasteiger partial charge on any atom is -0.462 e. The molecule has 0 saturated heterocycles. The fourth-order valence-electron chi connectivity index (χ4n) is 5.03. The number of esters is 2. The van der Waals surface area contributed by atoms with E-state index in [4.69, 9.17) is 24.3 Å². The van der Waals surface area contributed by atoms with Crippen molar-refractivity contribution in [3.63, 3.8) is 0 Å². The van der Waals surface area contributed by atoms with E-state index in [9.17, 15) is 24.2 Å². The number of nitrogens with two attached hydrogens (primary N) is 1. The molecule has 0 radical (unpaired) electrons. The van der Waals surface area contributed by atoms with Crippen LogP contribution in [-0.2, 0) is 32.7 Å². The molecule has 0 heterocycles. The highest BCUT2D eigenvalue weighted by atomic mass is 31.2. The standard InChI is InChI=1S/C43H74NO9P/c1-3-5-6-7-8-9-10-11-12-17-20-23-26-29-32-35-43(47)53-41(39-52-54(48,49)51-37-36-44)38-50-42(46)34-31-28-25-22-19-16-14-13-15-18-21-24-27-30-33-40(45)4-2/h11-12,14-16,18,22,24-25,27,30,33,40-41,45H,3-10,13,17,19-21,23,26,28-29,31-32,34-39,44H2,1-2H3,(H,48,49)/b12-11-,16-14-,18-15-,25-22-,27-24-,33-30+/t40-,41+/m0/s1. The molecule has 0 aromatic heterocycles. The molecule has 0 saturated carbocycles. The second-order valence-corrected chi connectivity index (χ2v) is 14.8. The Kier molecular flexibility index (Phi) is 36.8. The van der Waals surface area contributed by atoms with Crippen molar-refractivity contribution in [3.05, 3.63) is 72.9 Å². The lowest BCUT2D eigenvalue weighted by Crippen LogP contribution is -2.29. The highest BCUT2D eigenvalue weighted by molar-refractivity contribution is 7.47. The average molecular weight is 780 g/mol. The van der Waals surface area contributed by atoms with E-state index in [0.29, 0.717) is 25.7 Å². The molecule has 1 unspecified atom stereocenters. The lowest BCUT2D eigenvalue weighted by atomic mass is 10.1. The van der Waals surface area contributed by atoms with Crippen molar-refractivity contribution in [1.29, 1.82) is 0 Å². The first kappa shape index (κ1) is 51.4. The highest BCUT2D eigenvalue weighted by Gasteiger charge is 2.25. The topological polar surface area (TPSA) is 155 Å². The third-order valence-corrected chi connectivity index (χ3v) is 9.22. The first-order valence-electron chi connectivity index (χ1n) is 20.5. The van der Waals surface area contributed by atoms with Crippen molar-refractivity contribution in [3.8, 4) is 0 Å². The normalized spacial score (nSPS) is 14.7. The third-order valence-electron chi connectivity index (χ3n) is 8.23. The van der Waals surface area contributed by atoms with Gasteiger partial charge >= 0.3 is 19.8 Å². The summed E-state index contributed by atoms with van der Waals surface area (Å²) in [5.41, 5.74) is 5.33. The molecule has 0 aliphatic heterocycles. The Bertz CT molecular complexity index is 1130.